The number of carboxylic acid groups (broad SMARTS) is 1. The highest BCUT2D eigenvalue weighted by molar-refractivity contribution is 5.86. The number of aliphatic carboxylic acids is 1. The Bertz CT molecular complexity index is 1330. The van der Waals surface area contributed by atoms with Crippen LogP contribution in [-0.4, -0.2) is 30.7 Å². The lowest BCUT2D eigenvalue weighted by molar-refractivity contribution is -0.141. The van der Waals surface area contributed by atoms with Gasteiger partial charge in [0, 0.05) is 22.8 Å². The van der Waals surface area contributed by atoms with Crippen molar-refractivity contribution in [2.75, 3.05) is 0 Å². The molecule has 0 saturated carbocycles. The Morgan fingerprint density at radius 3 is 2.55 bits per heavy atom. The minimum atomic E-state index is -4.64. The topological polar surface area (TPSA) is 80.4 Å². The van der Waals surface area contributed by atoms with Crippen molar-refractivity contribution in [1.29, 1.82) is 0 Å². The number of imidazole rings is 1. The van der Waals surface area contributed by atoms with Crippen molar-refractivity contribution >= 4 is 17.8 Å². The molecule has 1 N–H and O–H groups in total. The molecule has 0 unspecified atom stereocenters. The second kappa shape index (κ2) is 7.63. The molecule has 2 heterocycles. The molecule has 0 fully saturated rings. The first-order valence-corrected chi connectivity index (χ1v) is 8.82. The summed E-state index contributed by atoms with van der Waals surface area (Å²) in [6.45, 7) is 0. The molecule has 0 saturated heterocycles. The number of hydrogen-bond donors (Lipinski definition) is 1. The van der Waals surface area contributed by atoms with Gasteiger partial charge in [0.1, 0.15) is 5.82 Å². The van der Waals surface area contributed by atoms with Crippen molar-refractivity contribution < 1.29 is 27.5 Å². The van der Waals surface area contributed by atoms with E-state index in [1.165, 1.54) is 18.3 Å². The van der Waals surface area contributed by atoms with Crippen LogP contribution in [0, 0.1) is 5.82 Å². The van der Waals surface area contributed by atoms with Gasteiger partial charge in [0.25, 0.3) is 5.78 Å². The van der Waals surface area contributed by atoms with Gasteiger partial charge < -0.3 is 5.11 Å². The Balaban J connectivity index is 1.77. The van der Waals surface area contributed by atoms with Crippen molar-refractivity contribution in [1.82, 2.24) is 19.6 Å². The van der Waals surface area contributed by atoms with Crippen molar-refractivity contribution in [2.45, 2.75) is 6.18 Å². The highest BCUT2D eigenvalue weighted by atomic mass is 19.4. The van der Waals surface area contributed by atoms with E-state index in [1.54, 1.807) is 30.3 Å². The lowest BCUT2D eigenvalue weighted by Crippen LogP contribution is -2.11. The minimum Gasteiger partial charge on any atom is -0.478 e. The highest BCUT2D eigenvalue weighted by Crippen LogP contribution is 2.31. The van der Waals surface area contributed by atoms with Gasteiger partial charge in [-0.15, -0.1) is 0 Å². The summed E-state index contributed by atoms with van der Waals surface area (Å²) in [4.78, 5) is 18.1. The maximum Gasteiger partial charge on any atom is 0.435 e. The second-order valence-electron chi connectivity index (χ2n) is 6.46. The third-order valence-corrected chi connectivity index (χ3v) is 4.43. The normalized spacial score (nSPS) is 12.0. The largest absolute Gasteiger partial charge is 0.478 e. The van der Waals surface area contributed by atoms with Crippen LogP contribution >= 0.6 is 0 Å². The lowest BCUT2D eigenvalue weighted by Gasteiger charge is -2.09. The molecule has 31 heavy (non-hydrogen) atoms. The number of rotatable bonds is 4. The molecule has 0 aliphatic rings. The highest BCUT2D eigenvalue weighted by Gasteiger charge is 2.33. The summed E-state index contributed by atoms with van der Waals surface area (Å²) in [6.07, 6.45) is -0.705. The molecule has 0 atom stereocenters. The van der Waals surface area contributed by atoms with Gasteiger partial charge in [-0.05, 0) is 17.7 Å². The number of aromatic nitrogens is 4. The van der Waals surface area contributed by atoms with Gasteiger partial charge in [0.05, 0.1) is 18.1 Å². The van der Waals surface area contributed by atoms with Crippen LogP contribution in [0.15, 0.2) is 60.9 Å². The summed E-state index contributed by atoms with van der Waals surface area (Å²) in [6, 6.07) is 11.2. The van der Waals surface area contributed by atoms with E-state index in [9.17, 15) is 22.4 Å². The van der Waals surface area contributed by atoms with Gasteiger partial charge in [-0.3, -0.25) is 0 Å². The third-order valence-electron chi connectivity index (χ3n) is 4.43. The van der Waals surface area contributed by atoms with Crippen LogP contribution in [0.1, 0.15) is 11.3 Å². The summed E-state index contributed by atoms with van der Waals surface area (Å²) in [5, 5.41) is 12.5. The summed E-state index contributed by atoms with van der Waals surface area (Å²) in [7, 11) is 0. The van der Waals surface area contributed by atoms with Crippen LogP contribution in [0.4, 0.5) is 17.6 Å². The Hall–Kier alpha value is -4.08. The van der Waals surface area contributed by atoms with Crippen molar-refractivity contribution in [3.63, 3.8) is 0 Å². The maximum absolute atomic E-state index is 14.9. The second-order valence-corrected chi connectivity index (χ2v) is 6.46. The Kier molecular flexibility index (Phi) is 4.97. The Morgan fingerprint density at radius 2 is 1.81 bits per heavy atom. The molecule has 6 nitrogen and oxygen atoms in total. The van der Waals surface area contributed by atoms with E-state index >= 15 is 0 Å². The zero-order valence-corrected chi connectivity index (χ0v) is 15.5. The average Bonchev–Trinajstić information content (AvgIpc) is 3.16. The molecule has 0 aliphatic heterocycles. The first kappa shape index (κ1) is 20.2. The van der Waals surface area contributed by atoms with Crippen LogP contribution in [-0.2, 0) is 11.0 Å². The predicted molar refractivity (Wildman–Crippen MR) is 103 cm³/mol. The Morgan fingerprint density at radius 1 is 1.06 bits per heavy atom. The van der Waals surface area contributed by atoms with Crippen LogP contribution in [0.3, 0.4) is 0 Å². The van der Waals surface area contributed by atoms with Crippen LogP contribution in [0.2, 0.25) is 0 Å². The fourth-order valence-corrected chi connectivity index (χ4v) is 3.02. The van der Waals surface area contributed by atoms with Crippen LogP contribution in [0.25, 0.3) is 34.2 Å². The van der Waals surface area contributed by atoms with E-state index in [-0.39, 0.29) is 16.9 Å². The van der Waals surface area contributed by atoms with E-state index in [0.717, 1.165) is 16.7 Å². The third kappa shape index (κ3) is 4.00. The summed E-state index contributed by atoms with van der Waals surface area (Å²) < 4.78 is 54.6. The number of nitrogens with zero attached hydrogens (tertiary/aromatic N) is 4. The lowest BCUT2D eigenvalue weighted by atomic mass is 9.99. The maximum atomic E-state index is 14.9. The van der Waals surface area contributed by atoms with E-state index in [4.69, 9.17) is 5.11 Å². The number of carbonyl (C=O) groups is 1. The fourth-order valence-electron chi connectivity index (χ4n) is 3.02. The Labute approximate surface area is 172 Å². The molecule has 156 valence electrons. The van der Waals surface area contributed by atoms with E-state index in [2.05, 4.69) is 15.1 Å². The van der Waals surface area contributed by atoms with Gasteiger partial charge >= 0.3 is 12.1 Å². The molecule has 0 aliphatic carbocycles. The van der Waals surface area contributed by atoms with Gasteiger partial charge in [0.15, 0.2) is 5.69 Å². The molecule has 4 rings (SSSR count). The SMILES string of the molecule is O=C(O)C=Cc1cccc(-c2cccc(-c3cnc4nc(C(F)(F)F)cnn34)c2)c1F. The quantitative estimate of drug-likeness (QED) is 0.376. The molecule has 10 heteroatoms. The van der Waals surface area contributed by atoms with Gasteiger partial charge in [-0.2, -0.15) is 22.8 Å². The van der Waals surface area contributed by atoms with E-state index in [1.807, 2.05) is 0 Å². The smallest absolute Gasteiger partial charge is 0.435 e. The summed E-state index contributed by atoms with van der Waals surface area (Å²) in [5.74, 6) is -2.03. The fraction of sp³-hybridized carbons (Fsp3) is 0.0476. The molecule has 4 aromatic rings. The number of alkyl halides is 3. The molecule has 2 aromatic carbocycles. The van der Waals surface area contributed by atoms with Crippen LogP contribution < -0.4 is 0 Å². The van der Waals surface area contributed by atoms with E-state index in [0.29, 0.717) is 23.0 Å². The molecule has 0 spiro atoms. The molecule has 2 aromatic heterocycles. The zero-order valence-electron chi connectivity index (χ0n) is 15.5. The van der Waals surface area contributed by atoms with Gasteiger partial charge in [-0.25, -0.2) is 19.2 Å². The minimum absolute atomic E-state index is 0.102. The van der Waals surface area contributed by atoms with E-state index < -0.39 is 23.7 Å². The number of carboxylic acids is 1. The molecular weight excluding hydrogens is 416 g/mol. The van der Waals surface area contributed by atoms with Crippen molar-refractivity contribution in [2.24, 2.45) is 0 Å². The molecule has 0 amide bonds. The molecule has 0 radical (unpaired) electrons. The van der Waals surface area contributed by atoms with Gasteiger partial charge in [-0.1, -0.05) is 36.4 Å². The van der Waals surface area contributed by atoms with Gasteiger partial charge in [0.2, 0.25) is 0 Å². The van der Waals surface area contributed by atoms with Crippen LogP contribution in [0.5, 0.6) is 0 Å². The molecular formula is C21H12F4N4O2. The number of benzene rings is 2. The number of halogens is 4. The predicted octanol–water partition coefficient (Wildman–Crippen LogP) is 4.71. The average molecular weight is 428 g/mol. The summed E-state index contributed by atoms with van der Waals surface area (Å²) in [5.41, 5.74) is 0.569. The number of fused-ring (bicyclic) bond motifs is 1. The van der Waals surface area contributed by atoms with Crippen molar-refractivity contribution in [3.05, 3.63) is 78.0 Å². The summed E-state index contributed by atoms with van der Waals surface area (Å²) >= 11 is 0. The first-order valence-electron chi connectivity index (χ1n) is 8.82. The number of hydrogen-bond acceptors (Lipinski definition) is 4. The monoisotopic (exact) mass is 428 g/mol. The standard InChI is InChI=1S/C21H12F4N4O2/c22-19-12(7-8-18(30)31)3-2-6-15(19)13-4-1-5-14(9-13)16-10-26-20-28-17(21(23,24)25)11-27-29(16)20/h1-11H,(H,30,31). The van der Waals surface area contributed by atoms with Crippen molar-refractivity contribution in [3.8, 4) is 22.4 Å². The first-order chi connectivity index (χ1) is 14.7. The molecule has 0 bridgehead atoms. The zero-order chi connectivity index (χ0) is 22.2.